The number of nitrogens with two attached hydrogens (primary N) is 1. The first-order chi connectivity index (χ1) is 10.4. The monoisotopic (exact) mass is 298 g/mol. The number of benzene rings is 1. The number of para-hydroxylation sites is 1. The van der Waals surface area contributed by atoms with Crippen LogP contribution in [0.1, 0.15) is 24.2 Å². The Morgan fingerprint density at radius 2 is 1.91 bits per heavy atom. The molecule has 0 radical (unpaired) electrons. The molecule has 5 heteroatoms. The average Bonchev–Trinajstić information content (AvgIpc) is 2.52. The number of anilines is 2. The van der Waals surface area contributed by atoms with Crippen molar-refractivity contribution in [3.8, 4) is 0 Å². The van der Waals surface area contributed by atoms with Crippen LogP contribution in [-0.2, 0) is 0 Å². The van der Waals surface area contributed by atoms with Crippen LogP contribution in [0.4, 0.5) is 11.5 Å². The lowest BCUT2D eigenvalue weighted by Crippen LogP contribution is -2.45. The highest BCUT2D eigenvalue weighted by Crippen LogP contribution is 2.20. The second-order valence-electron chi connectivity index (χ2n) is 5.97. The smallest absolute Gasteiger partial charge is 0.252 e. The molecule has 0 aliphatic rings. The summed E-state index contributed by atoms with van der Waals surface area (Å²) < 4.78 is 0. The van der Waals surface area contributed by atoms with E-state index in [0.717, 1.165) is 11.5 Å². The molecular weight excluding hydrogens is 276 g/mol. The summed E-state index contributed by atoms with van der Waals surface area (Å²) in [7, 11) is 1.94. The number of pyridine rings is 1. The van der Waals surface area contributed by atoms with Gasteiger partial charge in [0.25, 0.3) is 5.91 Å². The maximum absolute atomic E-state index is 12.0. The Balaban J connectivity index is 2.05. The molecular formula is C17H22N4O. The van der Waals surface area contributed by atoms with Gasteiger partial charge in [0, 0.05) is 31.0 Å². The van der Waals surface area contributed by atoms with Crippen molar-refractivity contribution >= 4 is 17.4 Å². The van der Waals surface area contributed by atoms with Gasteiger partial charge in [0.1, 0.15) is 5.82 Å². The molecule has 0 saturated carbocycles. The third kappa shape index (κ3) is 4.30. The predicted molar refractivity (Wildman–Crippen MR) is 89.3 cm³/mol. The Bertz CT molecular complexity index is 617. The molecule has 22 heavy (non-hydrogen) atoms. The molecule has 0 unspecified atom stereocenters. The molecule has 0 spiro atoms. The van der Waals surface area contributed by atoms with E-state index in [4.69, 9.17) is 5.73 Å². The highest BCUT2D eigenvalue weighted by atomic mass is 16.1. The van der Waals surface area contributed by atoms with E-state index in [1.165, 1.54) is 0 Å². The molecule has 1 amide bonds. The maximum atomic E-state index is 12.0. The minimum Gasteiger partial charge on any atom is -0.350 e. The van der Waals surface area contributed by atoms with Crippen LogP contribution in [0.5, 0.6) is 0 Å². The summed E-state index contributed by atoms with van der Waals surface area (Å²) in [6, 6.07) is 13.5. The van der Waals surface area contributed by atoms with Crippen LogP contribution < -0.4 is 16.0 Å². The predicted octanol–water partition coefficient (Wildman–Crippen LogP) is 2.32. The number of hydrogen-bond donors (Lipinski definition) is 2. The van der Waals surface area contributed by atoms with Crippen LogP contribution in [0, 0.1) is 0 Å². The van der Waals surface area contributed by atoms with E-state index in [2.05, 4.69) is 10.3 Å². The summed E-state index contributed by atoms with van der Waals surface area (Å²) >= 11 is 0. The van der Waals surface area contributed by atoms with E-state index in [1.54, 1.807) is 12.3 Å². The molecule has 1 aromatic carbocycles. The van der Waals surface area contributed by atoms with Crippen molar-refractivity contribution in [2.75, 3.05) is 18.5 Å². The number of hydrogen-bond acceptors (Lipinski definition) is 4. The van der Waals surface area contributed by atoms with Crippen LogP contribution in [-0.4, -0.2) is 30.0 Å². The average molecular weight is 298 g/mol. The lowest BCUT2D eigenvalue weighted by atomic mass is 10.1. The topological polar surface area (TPSA) is 71.2 Å². The number of nitrogens with zero attached hydrogens (tertiary/aromatic N) is 2. The van der Waals surface area contributed by atoms with Crippen LogP contribution in [0.25, 0.3) is 0 Å². The van der Waals surface area contributed by atoms with Crippen molar-refractivity contribution < 1.29 is 4.79 Å². The fourth-order valence-electron chi connectivity index (χ4n) is 1.91. The van der Waals surface area contributed by atoms with Crippen molar-refractivity contribution in [2.24, 2.45) is 5.73 Å². The molecule has 1 aromatic heterocycles. The number of carbonyl (C=O) groups is 1. The SMILES string of the molecule is CN(c1ccccc1)c1ccc(C(=O)NCC(C)(C)N)cn1. The molecule has 116 valence electrons. The van der Waals surface area contributed by atoms with Crippen molar-refractivity contribution in [3.05, 3.63) is 54.2 Å². The van der Waals surface area contributed by atoms with Gasteiger partial charge in [0.05, 0.1) is 5.56 Å². The molecule has 0 atom stereocenters. The van der Waals surface area contributed by atoms with Gasteiger partial charge >= 0.3 is 0 Å². The number of nitrogens with one attached hydrogen (secondary N) is 1. The molecule has 1 heterocycles. The van der Waals surface area contributed by atoms with E-state index in [9.17, 15) is 4.79 Å². The third-order valence-corrected chi connectivity index (χ3v) is 3.20. The van der Waals surface area contributed by atoms with Crippen molar-refractivity contribution in [3.63, 3.8) is 0 Å². The van der Waals surface area contributed by atoms with Crippen LogP contribution in [0.2, 0.25) is 0 Å². The fourth-order valence-corrected chi connectivity index (χ4v) is 1.91. The molecule has 0 saturated heterocycles. The third-order valence-electron chi connectivity index (χ3n) is 3.20. The zero-order chi connectivity index (χ0) is 16.2. The van der Waals surface area contributed by atoms with E-state index in [1.807, 2.05) is 62.2 Å². The number of aromatic nitrogens is 1. The van der Waals surface area contributed by atoms with E-state index < -0.39 is 5.54 Å². The van der Waals surface area contributed by atoms with Gasteiger partial charge in [0.15, 0.2) is 0 Å². The molecule has 2 rings (SSSR count). The Morgan fingerprint density at radius 3 is 2.45 bits per heavy atom. The van der Waals surface area contributed by atoms with Gasteiger partial charge in [-0.2, -0.15) is 0 Å². The Labute approximate surface area is 131 Å². The van der Waals surface area contributed by atoms with E-state index in [-0.39, 0.29) is 5.91 Å². The van der Waals surface area contributed by atoms with Crippen LogP contribution >= 0.6 is 0 Å². The summed E-state index contributed by atoms with van der Waals surface area (Å²) in [5.74, 6) is 0.613. The number of carbonyl (C=O) groups excluding carboxylic acids is 1. The van der Waals surface area contributed by atoms with Crippen molar-refractivity contribution in [1.29, 1.82) is 0 Å². The fraction of sp³-hybridized carbons (Fsp3) is 0.294. The largest absolute Gasteiger partial charge is 0.350 e. The molecule has 0 fully saturated rings. The molecule has 2 aromatic rings. The van der Waals surface area contributed by atoms with Gasteiger partial charge < -0.3 is 16.0 Å². The number of rotatable bonds is 5. The maximum Gasteiger partial charge on any atom is 0.252 e. The Morgan fingerprint density at radius 1 is 1.23 bits per heavy atom. The standard InChI is InChI=1S/C17H22N4O/c1-17(2,18)12-20-16(22)13-9-10-15(19-11-13)21(3)14-7-5-4-6-8-14/h4-11H,12,18H2,1-3H3,(H,20,22). The van der Waals surface area contributed by atoms with Gasteiger partial charge in [-0.05, 0) is 38.1 Å². The van der Waals surface area contributed by atoms with Crippen molar-refractivity contribution in [1.82, 2.24) is 10.3 Å². The van der Waals surface area contributed by atoms with Gasteiger partial charge in [0.2, 0.25) is 0 Å². The Kier molecular flexibility index (Phi) is 4.78. The zero-order valence-corrected chi connectivity index (χ0v) is 13.2. The van der Waals surface area contributed by atoms with E-state index >= 15 is 0 Å². The Hall–Kier alpha value is -2.40. The molecule has 3 N–H and O–H groups in total. The first-order valence-electron chi connectivity index (χ1n) is 7.19. The molecule has 5 nitrogen and oxygen atoms in total. The minimum atomic E-state index is -0.434. The summed E-state index contributed by atoms with van der Waals surface area (Å²) in [6.07, 6.45) is 1.58. The first-order valence-corrected chi connectivity index (χ1v) is 7.19. The van der Waals surface area contributed by atoms with Crippen molar-refractivity contribution in [2.45, 2.75) is 19.4 Å². The highest BCUT2D eigenvalue weighted by molar-refractivity contribution is 5.94. The van der Waals surface area contributed by atoms with Crippen LogP contribution in [0.3, 0.4) is 0 Å². The molecule has 0 aliphatic carbocycles. The van der Waals surface area contributed by atoms with Gasteiger partial charge in [-0.15, -0.1) is 0 Å². The molecule has 0 bridgehead atoms. The van der Waals surface area contributed by atoms with Gasteiger partial charge in [-0.3, -0.25) is 4.79 Å². The minimum absolute atomic E-state index is 0.167. The van der Waals surface area contributed by atoms with Gasteiger partial charge in [-0.1, -0.05) is 18.2 Å². The first kappa shape index (κ1) is 16.0. The quantitative estimate of drug-likeness (QED) is 0.888. The normalized spacial score (nSPS) is 11.1. The second-order valence-corrected chi connectivity index (χ2v) is 5.97. The molecule has 0 aliphatic heterocycles. The summed E-state index contributed by atoms with van der Waals surface area (Å²) in [4.78, 5) is 18.3. The summed E-state index contributed by atoms with van der Waals surface area (Å²) in [6.45, 7) is 4.14. The second kappa shape index (κ2) is 6.58. The lowest BCUT2D eigenvalue weighted by molar-refractivity contribution is 0.0945. The van der Waals surface area contributed by atoms with Gasteiger partial charge in [-0.25, -0.2) is 4.98 Å². The summed E-state index contributed by atoms with van der Waals surface area (Å²) in [5.41, 5.74) is 6.98. The highest BCUT2D eigenvalue weighted by Gasteiger charge is 2.14. The van der Waals surface area contributed by atoms with Crippen LogP contribution in [0.15, 0.2) is 48.7 Å². The summed E-state index contributed by atoms with van der Waals surface area (Å²) in [5, 5.41) is 2.80. The zero-order valence-electron chi connectivity index (χ0n) is 13.2. The lowest BCUT2D eigenvalue weighted by Gasteiger charge is -2.20. The number of amides is 1. The van der Waals surface area contributed by atoms with E-state index in [0.29, 0.717) is 12.1 Å².